The number of methoxy groups -OCH3 is 1. The Morgan fingerprint density at radius 2 is 1.50 bits per heavy atom. The van der Waals surface area contributed by atoms with Gasteiger partial charge in [0.15, 0.2) is 18.5 Å². The smallest absolute Gasteiger partial charge is 0.303 e. The van der Waals surface area contributed by atoms with Crippen LogP contribution in [0.15, 0.2) is 0 Å². The molecular weight excluding hydrogens is 300 g/mol. The number of carbonyl (C=O) groups excluding carboxylic acids is 3. The Morgan fingerprint density at radius 1 is 0.955 bits per heavy atom. The third kappa shape index (κ3) is 4.93. The molecule has 0 aromatic rings. The van der Waals surface area contributed by atoms with Gasteiger partial charge >= 0.3 is 17.9 Å². The summed E-state index contributed by atoms with van der Waals surface area (Å²) in [5.41, 5.74) is 0. The minimum absolute atomic E-state index is 0.279. The van der Waals surface area contributed by atoms with Crippen molar-refractivity contribution < 1.29 is 43.2 Å². The lowest BCUT2D eigenvalue weighted by molar-refractivity contribution is -0.297. The van der Waals surface area contributed by atoms with Crippen LogP contribution in [-0.2, 0) is 38.1 Å². The first-order chi connectivity index (χ1) is 10.3. The minimum Gasteiger partial charge on any atom is -0.463 e. The van der Waals surface area contributed by atoms with Gasteiger partial charge in [0.25, 0.3) is 0 Å². The summed E-state index contributed by atoms with van der Waals surface area (Å²) in [5.74, 6) is -1.87. The fourth-order valence-corrected chi connectivity index (χ4v) is 2.14. The van der Waals surface area contributed by atoms with Crippen LogP contribution in [-0.4, -0.2) is 67.4 Å². The zero-order chi connectivity index (χ0) is 16.9. The summed E-state index contributed by atoms with van der Waals surface area (Å²) in [6.45, 7) is 3.25. The molecule has 0 bridgehead atoms. The second-order valence-electron chi connectivity index (χ2n) is 4.72. The highest BCUT2D eigenvalue weighted by atomic mass is 16.7. The molecule has 0 unspecified atom stereocenters. The Bertz CT molecular complexity index is 422. The van der Waals surface area contributed by atoms with E-state index >= 15 is 0 Å². The quantitative estimate of drug-likeness (QED) is 0.510. The first kappa shape index (κ1) is 18.3. The number of hydrogen-bond acceptors (Lipinski definition) is 9. The van der Waals surface area contributed by atoms with Crippen molar-refractivity contribution in [1.29, 1.82) is 0 Å². The van der Waals surface area contributed by atoms with E-state index in [0.29, 0.717) is 0 Å². The molecule has 126 valence electrons. The first-order valence-electron chi connectivity index (χ1n) is 6.60. The van der Waals surface area contributed by atoms with E-state index in [0.717, 1.165) is 0 Å². The van der Waals surface area contributed by atoms with Gasteiger partial charge < -0.3 is 28.8 Å². The van der Waals surface area contributed by atoms with E-state index in [1.54, 1.807) is 0 Å². The van der Waals surface area contributed by atoms with Crippen LogP contribution in [0.25, 0.3) is 0 Å². The molecule has 0 aromatic heterocycles. The van der Waals surface area contributed by atoms with Gasteiger partial charge in [-0.15, -0.1) is 0 Å². The number of hydrogen-bond donors (Lipinski definition) is 1. The maximum absolute atomic E-state index is 11.3. The van der Waals surface area contributed by atoms with Crippen molar-refractivity contribution in [2.24, 2.45) is 0 Å². The molecule has 1 aliphatic heterocycles. The largest absolute Gasteiger partial charge is 0.463 e. The fraction of sp³-hybridized carbons (Fsp3) is 0.769. The molecule has 9 heteroatoms. The maximum Gasteiger partial charge on any atom is 0.303 e. The summed E-state index contributed by atoms with van der Waals surface area (Å²) < 4.78 is 25.3. The van der Waals surface area contributed by atoms with Crippen LogP contribution in [0.4, 0.5) is 0 Å². The van der Waals surface area contributed by atoms with Crippen LogP contribution in [0.5, 0.6) is 0 Å². The van der Waals surface area contributed by atoms with Crippen molar-refractivity contribution in [2.45, 2.75) is 51.5 Å². The molecule has 0 saturated carbocycles. The van der Waals surface area contributed by atoms with Gasteiger partial charge in [0, 0.05) is 27.9 Å². The summed E-state index contributed by atoms with van der Waals surface area (Å²) >= 11 is 0. The predicted octanol–water partition coefficient (Wildman–Crippen LogP) is -0.855. The van der Waals surface area contributed by atoms with E-state index in [1.807, 2.05) is 0 Å². The monoisotopic (exact) mass is 320 g/mol. The fourth-order valence-electron chi connectivity index (χ4n) is 2.14. The Hall–Kier alpha value is -1.71. The maximum atomic E-state index is 11.3. The van der Waals surface area contributed by atoms with Gasteiger partial charge in [0.1, 0.15) is 18.8 Å². The molecule has 0 radical (unpaired) electrons. The van der Waals surface area contributed by atoms with Gasteiger partial charge in [-0.3, -0.25) is 14.4 Å². The highest BCUT2D eigenvalue weighted by molar-refractivity contribution is 5.67. The highest BCUT2D eigenvalue weighted by Crippen LogP contribution is 2.27. The molecular formula is C13H20O9. The van der Waals surface area contributed by atoms with Gasteiger partial charge in [-0.2, -0.15) is 0 Å². The standard InChI is InChI=1S/C13H20O9/c1-6(14)19-5-9-10(20-7(2)15)11(21-8(3)16)12(18-4)13(17)22-9/h9-13,17H,5H2,1-4H3/t9-,10-,11+,12-,13+/m1/s1. The first-order valence-corrected chi connectivity index (χ1v) is 6.60. The van der Waals surface area contributed by atoms with Crippen LogP contribution < -0.4 is 0 Å². The highest BCUT2D eigenvalue weighted by Gasteiger charge is 2.50. The Balaban J connectivity index is 3.01. The number of ether oxygens (including phenoxy) is 5. The van der Waals surface area contributed by atoms with E-state index in [-0.39, 0.29) is 6.61 Å². The third-order valence-electron chi connectivity index (χ3n) is 2.94. The van der Waals surface area contributed by atoms with Crippen molar-refractivity contribution in [3.8, 4) is 0 Å². The average Bonchev–Trinajstić information content (AvgIpc) is 2.39. The molecule has 22 heavy (non-hydrogen) atoms. The lowest BCUT2D eigenvalue weighted by Gasteiger charge is -2.42. The second kappa shape index (κ2) is 8.06. The molecule has 1 aliphatic rings. The molecule has 1 rings (SSSR count). The minimum atomic E-state index is -1.44. The number of aliphatic hydroxyl groups excluding tert-OH is 1. The van der Waals surface area contributed by atoms with Crippen LogP contribution in [0.1, 0.15) is 20.8 Å². The van der Waals surface area contributed by atoms with Gasteiger partial charge in [-0.1, -0.05) is 0 Å². The Kier molecular flexibility index (Phi) is 6.72. The van der Waals surface area contributed by atoms with Gasteiger partial charge in [0.05, 0.1) is 0 Å². The average molecular weight is 320 g/mol. The summed E-state index contributed by atoms with van der Waals surface area (Å²) in [5, 5.41) is 9.92. The third-order valence-corrected chi connectivity index (χ3v) is 2.94. The zero-order valence-electron chi connectivity index (χ0n) is 12.8. The molecule has 1 fully saturated rings. The van der Waals surface area contributed by atoms with E-state index in [4.69, 9.17) is 23.7 Å². The zero-order valence-corrected chi connectivity index (χ0v) is 12.8. The molecule has 1 N–H and O–H groups in total. The van der Waals surface area contributed by atoms with E-state index in [1.165, 1.54) is 27.9 Å². The molecule has 9 nitrogen and oxygen atoms in total. The molecule has 5 atom stereocenters. The van der Waals surface area contributed by atoms with Gasteiger partial charge in [-0.05, 0) is 0 Å². The molecule has 0 amide bonds. The van der Waals surface area contributed by atoms with Crippen LogP contribution in [0.2, 0.25) is 0 Å². The summed E-state index contributed by atoms with van der Waals surface area (Å²) in [7, 11) is 1.28. The normalized spacial score (nSPS) is 31.2. The van der Waals surface area contributed by atoms with Crippen molar-refractivity contribution in [1.82, 2.24) is 0 Å². The number of aliphatic hydroxyl groups is 1. The lowest BCUT2D eigenvalue weighted by Crippen LogP contribution is -2.61. The lowest BCUT2D eigenvalue weighted by atomic mass is 9.98. The second-order valence-corrected chi connectivity index (χ2v) is 4.72. The van der Waals surface area contributed by atoms with E-state index in [9.17, 15) is 19.5 Å². The molecule has 0 spiro atoms. The van der Waals surface area contributed by atoms with Gasteiger partial charge in [-0.25, -0.2) is 0 Å². The molecule has 1 saturated heterocycles. The SMILES string of the molecule is CO[C@@H]1[C@@H](OC(C)=O)[C@H](OC(C)=O)[C@@H](COC(C)=O)O[C@@H]1O. The molecule has 1 heterocycles. The topological polar surface area (TPSA) is 118 Å². The molecule has 0 aromatic carbocycles. The number of carbonyl (C=O) groups is 3. The van der Waals surface area contributed by atoms with Crippen molar-refractivity contribution in [3.63, 3.8) is 0 Å². The molecule has 0 aliphatic carbocycles. The predicted molar refractivity (Wildman–Crippen MR) is 69.4 cm³/mol. The van der Waals surface area contributed by atoms with Crippen LogP contribution in [0.3, 0.4) is 0 Å². The summed E-state index contributed by atoms with van der Waals surface area (Å²) in [6.07, 6.45) is -5.69. The van der Waals surface area contributed by atoms with Crippen LogP contribution >= 0.6 is 0 Å². The van der Waals surface area contributed by atoms with E-state index < -0.39 is 48.6 Å². The summed E-state index contributed by atoms with van der Waals surface area (Å²) in [4.78, 5) is 33.5. The summed E-state index contributed by atoms with van der Waals surface area (Å²) in [6, 6.07) is 0. The van der Waals surface area contributed by atoms with Crippen LogP contribution in [0, 0.1) is 0 Å². The number of rotatable bonds is 5. The van der Waals surface area contributed by atoms with E-state index in [2.05, 4.69) is 0 Å². The van der Waals surface area contributed by atoms with Crippen molar-refractivity contribution >= 4 is 17.9 Å². The Labute approximate surface area is 127 Å². The Morgan fingerprint density at radius 3 is 1.95 bits per heavy atom. The van der Waals surface area contributed by atoms with Crippen molar-refractivity contribution in [3.05, 3.63) is 0 Å². The van der Waals surface area contributed by atoms with Crippen molar-refractivity contribution in [2.75, 3.05) is 13.7 Å². The number of esters is 3. The van der Waals surface area contributed by atoms with Gasteiger partial charge in [0.2, 0.25) is 0 Å².